The second-order valence-electron chi connectivity index (χ2n) is 4.35. The largest absolute Gasteiger partial charge is 0.240 e. The van der Waals surface area contributed by atoms with E-state index in [4.69, 9.17) is 0 Å². The molecule has 0 aliphatic rings. The molecule has 0 amide bonds. The normalized spacial score (nSPS) is 11.6. The molecular weight excluding hydrogens is 364 g/mol. The van der Waals surface area contributed by atoms with Gasteiger partial charge in [-0.1, -0.05) is 12.1 Å². The molecule has 0 aliphatic carbocycles. The topological polar surface area (TPSA) is 46.2 Å². The molecule has 0 spiro atoms. The highest BCUT2D eigenvalue weighted by molar-refractivity contribution is 9.10. The van der Waals surface area contributed by atoms with E-state index < -0.39 is 15.8 Å². The van der Waals surface area contributed by atoms with Gasteiger partial charge in [0.05, 0.1) is 9.37 Å². The standard InChI is InChI=1S/C14H12BrF2NO2S/c15-13-5-4-12(9-14(13)17)21(19,20)18-7-6-10-2-1-3-11(16)8-10/h1-5,8-9,18H,6-7H2. The molecule has 0 bridgehead atoms. The summed E-state index contributed by atoms with van der Waals surface area (Å²) in [6.07, 6.45) is 0.343. The number of hydrogen-bond donors (Lipinski definition) is 1. The summed E-state index contributed by atoms with van der Waals surface area (Å²) >= 11 is 2.96. The van der Waals surface area contributed by atoms with Crippen LogP contribution in [0.2, 0.25) is 0 Å². The lowest BCUT2D eigenvalue weighted by atomic mass is 10.1. The number of hydrogen-bond acceptors (Lipinski definition) is 2. The molecule has 2 aromatic carbocycles. The highest BCUT2D eigenvalue weighted by atomic mass is 79.9. The molecule has 0 atom stereocenters. The van der Waals surface area contributed by atoms with Crippen LogP contribution in [0.15, 0.2) is 51.8 Å². The van der Waals surface area contributed by atoms with Crippen LogP contribution in [-0.2, 0) is 16.4 Å². The number of halogens is 3. The van der Waals surface area contributed by atoms with Crippen molar-refractivity contribution in [1.29, 1.82) is 0 Å². The number of sulfonamides is 1. The van der Waals surface area contributed by atoms with Crippen molar-refractivity contribution in [2.24, 2.45) is 0 Å². The first-order valence-corrected chi connectivity index (χ1v) is 8.35. The van der Waals surface area contributed by atoms with Crippen LogP contribution in [0, 0.1) is 11.6 Å². The van der Waals surface area contributed by atoms with Crippen molar-refractivity contribution in [2.75, 3.05) is 6.54 Å². The Hall–Kier alpha value is -1.31. The lowest BCUT2D eigenvalue weighted by Crippen LogP contribution is -2.26. The van der Waals surface area contributed by atoms with Crippen molar-refractivity contribution < 1.29 is 17.2 Å². The third-order valence-electron chi connectivity index (χ3n) is 2.80. The van der Waals surface area contributed by atoms with Crippen LogP contribution >= 0.6 is 15.9 Å². The molecule has 0 unspecified atom stereocenters. The molecule has 0 fully saturated rings. The minimum Gasteiger partial charge on any atom is -0.211 e. The molecule has 0 saturated carbocycles. The average Bonchev–Trinajstić information content (AvgIpc) is 2.41. The van der Waals surface area contributed by atoms with Gasteiger partial charge in [0.1, 0.15) is 11.6 Å². The lowest BCUT2D eigenvalue weighted by Gasteiger charge is -2.07. The minimum absolute atomic E-state index is 0.101. The Morgan fingerprint density at radius 3 is 2.52 bits per heavy atom. The maximum absolute atomic E-state index is 13.4. The van der Waals surface area contributed by atoms with Gasteiger partial charge in [-0.25, -0.2) is 21.9 Å². The predicted molar refractivity (Wildman–Crippen MR) is 79.4 cm³/mol. The van der Waals surface area contributed by atoms with Crippen LogP contribution in [0.25, 0.3) is 0 Å². The summed E-state index contributed by atoms with van der Waals surface area (Å²) in [5.74, 6) is -1.02. The number of rotatable bonds is 5. The second-order valence-corrected chi connectivity index (χ2v) is 6.97. The summed E-state index contributed by atoms with van der Waals surface area (Å²) in [4.78, 5) is -0.151. The van der Waals surface area contributed by atoms with Gasteiger partial charge in [0.15, 0.2) is 0 Å². The highest BCUT2D eigenvalue weighted by Gasteiger charge is 2.15. The Morgan fingerprint density at radius 1 is 1.10 bits per heavy atom. The molecule has 21 heavy (non-hydrogen) atoms. The number of benzene rings is 2. The van der Waals surface area contributed by atoms with Gasteiger partial charge >= 0.3 is 0 Å². The maximum atomic E-state index is 13.4. The first-order valence-electron chi connectivity index (χ1n) is 6.08. The summed E-state index contributed by atoms with van der Waals surface area (Å²) in [5, 5.41) is 0. The van der Waals surface area contributed by atoms with Gasteiger partial charge in [-0.3, -0.25) is 0 Å². The molecule has 1 N–H and O–H groups in total. The first kappa shape index (κ1) is 16.1. The third-order valence-corrected chi connectivity index (χ3v) is 4.90. The van der Waals surface area contributed by atoms with Gasteiger partial charge in [-0.2, -0.15) is 0 Å². The van der Waals surface area contributed by atoms with Crippen LogP contribution in [0.4, 0.5) is 8.78 Å². The van der Waals surface area contributed by atoms with Crippen molar-refractivity contribution in [1.82, 2.24) is 4.72 Å². The van der Waals surface area contributed by atoms with Gasteiger partial charge in [-0.15, -0.1) is 0 Å². The van der Waals surface area contributed by atoms with Crippen LogP contribution in [0.1, 0.15) is 5.56 Å². The molecule has 112 valence electrons. The van der Waals surface area contributed by atoms with Crippen LogP contribution in [0.3, 0.4) is 0 Å². The molecule has 0 saturated heterocycles. The van der Waals surface area contributed by atoms with Crippen molar-refractivity contribution in [3.63, 3.8) is 0 Å². The second kappa shape index (κ2) is 6.64. The maximum Gasteiger partial charge on any atom is 0.240 e. The van der Waals surface area contributed by atoms with Crippen LogP contribution in [0.5, 0.6) is 0 Å². The molecule has 3 nitrogen and oxygen atoms in total. The Balaban J connectivity index is 2.03. The predicted octanol–water partition coefficient (Wildman–Crippen LogP) is 3.25. The van der Waals surface area contributed by atoms with E-state index in [1.165, 1.54) is 24.3 Å². The first-order chi connectivity index (χ1) is 9.88. The Kier molecular flexibility index (Phi) is 5.08. The van der Waals surface area contributed by atoms with E-state index in [9.17, 15) is 17.2 Å². The van der Waals surface area contributed by atoms with Crippen molar-refractivity contribution in [2.45, 2.75) is 11.3 Å². The van der Waals surface area contributed by atoms with E-state index in [2.05, 4.69) is 20.7 Å². The van der Waals surface area contributed by atoms with E-state index >= 15 is 0 Å². The van der Waals surface area contributed by atoms with Crippen molar-refractivity contribution in [3.05, 3.63) is 64.1 Å². The fraction of sp³-hybridized carbons (Fsp3) is 0.143. The SMILES string of the molecule is O=S(=O)(NCCc1cccc(F)c1)c1ccc(Br)c(F)c1. The monoisotopic (exact) mass is 375 g/mol. The number of nitrogens with one attached hydrogen (secondary N) is 1. The summed E-state index contributed by atoms with van der Waals surface area (Å²) in [6.45, 7) is 0.101. The Bertz CT molecular complexity index is 750. The van der Waals surface area contributed by atoms with Gasteiger partial charge < -0.3 is 0 Å². The van der Waals surface area contributed by atoms with E-state index in [1.54, 1.807) is 12.1 Å². The molecular formula is C14H12BrF2NO2S. The zero-order valence-corrected chi connectivity index (χ0v) is 13.2. The van der Waals surface area contributed by atoms with Gasteiger partial charge in [-0.05, 0) is 58.2 Å². The van der Waals surface area contributed by atoms with Gasteiger partial charge in [0.2, 0.25) is 10.0 Å². The Morgan fingerprint density at radius 2 is 1.86 bits per heavy atom. The van der Waals surface area contributed by atoms with E-state index in [0.29, 0.717) is 12.0 Å². The summed E-state index contributed by atoms with van der Waals surface area (Å²) in [7, 11) is -3.78. The minimum atomic E-state index is -3.78. The highest BCUT2D eigenvalue weighted by Crippen LogP contribution is 2.19. The van der Waals surface area contributed by atoms with E-state index in [0.717, 1.165) is 6.07 Å². The lowest BCUT2D eigenvalue weighted by molar-refractivity contribution is 0.576. The third kappa shape index (κ3) is 4.33. The van der Waals surface area contributed by atoms with Crippen LogP contribution in [-0.4, -0.2) is 15.0 Å². The molecule has 7 heteroatoms. The zero-order chi connectivity index (χ0) is 15.5. The molecule has 0 radical (unpaired) electrons. The molecule has 0 aromatic heterocycles. The molecule has 0 aliphatic heterocycles. The molecule has 2 aromatic rings. The fourth-order valence-corrected chi connectivity index (χ4v) is 3.04. The van der Waals surface area contributed by atoms with E-state index in [-0.39, 0.29) is 21.7 Å². The quantitative estimate of drug-likeness (QED) is 0.871. The van der Waals surface area contributed by atoms with Crippen LogP contribution < -0.4 is 4.72 Å². The van der Waals surface area contributed by atoms with Gasteiger partial charge in [0, 0.05) is 6.54 Å². The fourth-order valence-electron chi connectivity index (χ4n) is 1.75. The van der Waals surface area contributed by atoms with Crippen molar-refractivity contribution in [3.8, 4) is 0 Å². The zero-order valence-electron chi connectivity index (χ0n) is 10.8. The van der Waals surface area contributed by atoms with Crippen molar-refractivity contribution >= 4 is 26.0 Å². The summed E-state index contributed by atoms with van der Waals surface area (Å²) in [5.41, 5.74) is 0.680. The molecule has 0 heterocycles. The van der Waals surface area contributed by atoms with E-state index in [1.807, 2.05) is 0 Å². The summed E-state index contributed by atoms with van der Waals surface area (Å²) in [6, 6.07) is 9.49. The average molecular weight is 376 g/mol. The molecule has 2 rings (SSSR count). The summed E-state index contributed by atoms with van der Waals surface area (Å²) < 4.78 is 52.9. The van der Waals surface area contributed by atoms with Gasteiger partial charge in [0.25, 0.3) is 0 Å². The smallest absolute Gasteiger partial charge is 0.211 e. The Labute approximate surface area is 130 Å².